The van der Waals surface area contributed by atoms with Gasteiger partial charge in [-0.05, 0) is 67.8 Å². The fourth-order valence-electron chi connectivity index (χ4n) is 4.57. The molecule has 1 N–H and O–H groups in total. The molecule has 7 nitrogen and oxygen atoms in total. The summed E-state index contributed by atoms with van der Waals surface area (Å²) in [7, 11) is 4.80. The van der Waals surface area contributed by atoms with Crippen LogP contribution in [0, 0.1) is 5.82 Å². The number of nitrogens with one attached hydrogen (secondary N) is 1. The third-order valence-electron chi connectivity index (χ3n) is 6.56. The van der Waals surface area contributed by atoms with Gasteiger partial charge in [-0.25, -0.2) is 4.39 Å². The van der Waals surface area contributed by atoms with E-state index in [1.54, 1.807) is 44.6 Å². The number of amides is 1. The van der Waals surface area contributed by atoms with Gasteiger partial charge in [-0.2, -0.15) is 0 Å². The molecular weight excluding hydrogens is 497 g/mol. The Morgan fingerprint density at radius 1 is 0.974 bits per heavy atom. The molecule has 0 spiro atoms. The van der Waals surface area contributed by atoms with Gasteiger partial charge in [0.1, 0.15) is 11.6 Å². The predicted molar refractivity (Wildman–Crippen MR) is 151 cm³/mol. The Balaban J connectivity index is 1.48. The van der Waals surface area contributed by atoms with Gasteiger partial charge in [-0.3, -0.25) is 9.78 Å². The molecule has 4 aromatic rings. The maximum atomic E-state index is 13.9. The summed E-state index contributed by atoms with van der Waals surface area (Å²) >= 11 is 0. The molecule has 1 atom stereocenters. The molecule has 8 heteroatoms. The quantitative estimate of drug-likeness (QED) is 0.231. The zero-order chi connectivity index (χ0) is 27.8. The predicted octanol–water partition coefficient (Wildman–Crippen LogP) is 6.32. The van der Waals surface area contributed by atoms with E-state index in [1.807, 2.05) is 42.5 Å². The second-order valence-corrected chi connectivity index (χ2v) is 9.36. The Kier molecular flexibility index (Phi) is 9.20. The second kappa shape index (κ2) is 13.0. The van der Waals surface area contributed by atoms with Crippen LogP contribution in [0.15, 0.2) is 72.9 Å². The molecule has 39 heavy (non-hydrogen) atoms. The molecule has 0 aliphatic heterocycles. The van der Waals surface area contributed by atoms with Crippen molar-refractivity contribution in [3.8, 4) is 17.2 Å². The first kappa shape index (κ1) is 27.7. The largest absolute Gasteiger partial charge is 0.497 e. The van der Waals surface area contributed by atoms with Gasteiger partial charge in [0.15, 0.2) is 11.5 Å². The Morgan fingerprint density at radius 2 is 1.79 bits per heavy atom. The fraction of sp³-hybridized carbons (Fsp3) is 0.290. The summed E-state index contributed by atoms with van der Waals surface area (Å²) in [6, 6.07) is 19.3. The molecule has 0 aliphatic carbocycles. The molecule has 1 aromatic heterocycles. The standard InChI is InChI=1S/C31H34FN3O4/c1-21(34-27-19-26(37-2)18-23-10-6-14-33-30(23)27)8-7-15-35(31(36)24-9-5-11-25(32)17-24)20-22-12-13-28(38-3)29(16-22)39-4/h5-6,9-14,16-19,21,34H,7-8,15,20H2,1-4H3. The third kappa shape index (κ3) is 6.96. The highest BCUT2D eigenvalue weighted by atomic mass is 19.1. The number of rotatable bonds is 12. The van der Waals surface area contributed by atoms with E-state index in [2.05, 4.69) is 17.2 Å². The summed E-state index contributed by atoms with van der Waals surface area (Å²) in [6.45, 7) is 2.94. The molecule has 4 rings (SSSR count). The minimum Gasteiger partial charge on any atom is -0.497 e. The van der Waals surface area contributed by atoms with Crippen molar-refractivity contribution < 1.29 is 23.4 Å². The molecular formula is C31H34FN3O4. The minimum atomic E-state index is -0.441. The monoisotopic (exact) mass is 531 g/mol. The Hall–Kier alpha value is -4.33. The van der Waals surface area contributed by atoms with E-state index in [4.69, 9.17) is 14.2 Å². The number of aromatic nitrogens is 1. The van der Waals surface area contributed by atoms with Crippen LogP contribution in [0.3, 0.4) is 0 Å². The van der Waals surface area contributed by atoms with E-state index < -0.39 is 5.82 Å². The van der Waals surface area contributed by atoms with Crippen LogP contribution >= 0.6 is 0 Å². The van der Waals surface area contributed by atoms with Crippen LogP contribution in [0.25, 0.3) is 10.9 Å². The van der Waals surface area contributed by atoms with Gasteiger partial charge >= 0.3 is 0 Å². The van der Waals surface area contributed by atoms with Crippen molar-refractivity contribution in [3.05, 3.63) is 89.9 Å². The molecule has 1 unspecified atom stereocenters. The van der Waals surface area contributed by atoms with Crippen molar-refractivity contribution in [1.82, 2.24) is 9.88 Å². The zero-order valence-electron chi connectivity index (χ0n) is 22.7. The van der Waals surface area contributed by atoms with Crippen LogP contribution in [0.4, 0.5) is 10.1 Å². The van der Waals surface area contributed by atoms with E-state index in [0.717, 1.165) is 40.7 Å². The molecule has 1 amide bonds. The van der Waals surface area contributed by atoms with E-state index in [1.165, 1.54) is 12.1 Å². The van der Waals surface area contributed by atoms with E-state index in [0.29, 0.717) is 30.2 Å². The SMILES string of the molecule is COc1cc(NC(C)CCCN(Cc2ccc(OC)c(OC)c2)C(=O)c2cccc(F)c2)c2ncccc2c1. The highest BCUT2D eigenvalue weighted by Crippen LogP contribution is 2.30. The van der Waals surface area contributed by atoms with Crippen LogP contribution in [0.2, 0.25) is 0 Å². The number of hydrogen-bond acceptors (Lipinski definition) is 6. The molecule has 0 fully saturated rings. The van der Waals surface area contributed by atoms with Crippen LogP contribution < -0.4 is 19.5 Å². The summed E-state index contributed by atoms with van der Waals surface area (Å²) in [4.78, 5) is 19.7. The van der Waals surface area contributed by atoms with Crippen molar-refractivity contribution in [2.75, 3.05) is 33.2 Å². The first-order valence-electron chi connectivity index (χ1n) is 12.9. The second-order valence-electron chi connectivity index (χ2n) is 9.36. The maximum absolute atomic E-state index is 13.9. The number of fused-ring (bicyclic) bond motifs is 1. The average molecular weight is 532 g/mol. The smallest absolute Gasteiger partial charge is 0.254 e. The summed E-state index contributed by atoms with van der Waals surface area (Å²) in [5.74, 6) is 1.29. The number of nitrogens with zero attached hydrogens (tertiary/aromatic N) is 2. The van der Waals surface area contributed by atoms with Crippen molar-refractivity contribution in [3.63, 3.8) is 0 Å². The minimum absolute atomic E-state index is 0.106. The van der Waals surface area contributed by atoms with Gasteiger partial charge in [0, 0.05) is 42.3 Å². The normalized spacial score (nSPS) is 11.6. The lowest BCUT2D eigenvalue weighted by molar-refractivity contribution is 0.0739. The maximum Gasteiger partial charge on any atom is 0.254 e. The summed E-state index contributed by atoms with van der Waals surface area (Å²) in [5, 5.41) is 4.55. The number of ether oxygens (including phenoxy) is 3. The van der Waals surface area contributed by atoms with Gasteiger partial charge < -0.3 is 24.4 Å². The summed E-state index contributed by atoms with van der Waals surface area (Å²) < 4.78 is 30.1. The summed E-state index contributed by atoms with van der Waals surface area (Å²) in [6.07, 6.45) is 3.30. The average Bonchev–Trinajstić information content (AvgIpc) is 2.96. The van der Waals surface area contributed by atoms with Crippen LogP contribution in [-0.4, -0.2) is 49.7 Å². The third-order valence-corrected chi connectivity index (χ3v) is 6.56. The number of carbonyl (C=O) groups is 1. The molecule has 1 heterocycles. The number of pyridine rings is 1. The van der Waals surface area contributed by atoms with Crippen molar-refractivity contribution in [2.45, 2.75) is 32.4 Å². The van der Waals surface area contributed by atoms with Gasteiger partial charge in [-0.15, -0.1) is 0 Å². The Labute approximate surface area is 228 Å². The molecule has 0 bridgehead atoms. The van der Waals surface area contributed by atoms with Crippen molar-refractivity contribution >= 4 is 22.5 Å². The van der Waals surface area contributed by atoms with Crippen molar-refractivity contribution in [2.24, 2.45) is 0 Å². The molecule has 0 saturated heterocycles. The number of hydrogen-bond donors (Lipinski definition) is 1. The van der Waals surface area contributed by atoms with Crippen LogP contribution in [-0.2, 0) is 6.54 Å². The van der Waals surface area contributed by atoms with Gasteiger partial charge in [-0.1, -0.05) is 18.2 Å². The number of halogens is 1. The van der Waals surface area contributed by atoms with Crippen LogP contribution in [0.5, 0.6) is 17.2 Å². The lowest BCUT2D eigenvalue weighted by Crippen LogP contribution is -2.32. The Bertz CT molecular complexity index is 1430. The fourth-order valence-corrected chi connectivity index (χ4v) is 4.57. The Morgan fingerprint density at radius 3 is 2.54 bits per heavy atom. The first-order valence-corrected chi connectivity index (χ1v) is 12.9. The van der Waals surface area contributed by atoms with Crippen molar-refractivity contribution in [1.29, 1.82) is 0 Å². The topological polar surface area (TPSA) is 72.9 Å². The van der Waals surface area contributed by atoms with E-state index in [9.17, 15) is 9.18 Å². The number of carbonyl (C=O) groups excluding carboxylic acids is 1. The number of methoxy groups -OCH3 is 3. The summed E-state index contributed by atoms with van der Waals surface area (Å²) in [5.41, 5.74) is 2.98. The molecule has 204 valence electrons. The molecule has 3 aromatic carbocycles. The van der Waals surface area contributed by atoms with E-state index >= 15 is 0 Å². The van der Waals surface area contributed by atoms with Gasteiger partial charge in [0.05, 0.1) is 32.5 Å². The molecule has 0 aliphatic rings. The van der Waals surface area contributed by atoms with Gasteiger partial charge in [0.2, 0.25) is 0 Å². The highest BCUT2D eigenvalue weighted by molar-refractivity contribution is 5.94. The molecule has 0 saturated carbocycles. The van der Waals surface area contributed by atoms with Gasteiger partial charge in [0.25, 0.3) is 5.91 Å². The lowest BCUT2D eigenvalue weighted by atomic mass is 10.1. The van der Waals surface area contributed by atoms with Crippen LogP contribution in [0.1, 0.15) is 35.7 Å². The lowest BCUT2D eigenvalue weighted by Gasteiger charge is -2.25. The first-order chi connectivity index (χ1) is 18.9. The van der Waals surface area contributed by atoms with E-state index in [-0.39, 0.29) is 11.9 Å². The molecule has 0 radical (unpaired) electrons. The highest BCUT2D eigenvalue weighted by Gasteiger charge is 2.18. The zero-order valence-corrected chi connectivity index (χ0v) is 22.7. The number of anilines is 1. The number of benzene rings is 3.